The quantitative estimate of drug-likeness (QED) is 0.513. The number of carbonyl (C=O) groups excluding carboxylic acids is 2. The minimum absolute atomic E-state index is 0.0281. The molecule has 1 aliphatic carbocycles. The standard InChI is InChI=1S/C14H24N2O4/c1-19-8-9-20-7-6-15-12-10-13(17)16(14(12)18)11-4-2-3-5-11/h11-12,15H,2-10H2,1H3. The van der Waals surface area contributed by atoms with Gasteiger partial charge in [0.2, 0.25) is 11.8 Å². The second kappa shape index (κ2) is 7.71. The van der Waals surface area contributed by atoms with Crippen LogP contribution in [-0.2, 0) is 19.1 Å². The topological polar surface area (TPSA) is 67.9 Å². The van der Waals surface area contributed by atoms with Crippen molar-refractivity contribution in [1.82, 2.24) is 10.2 Å². The number of imide groups is 1. The molecule has 0 aromatic carbocycles. The number of hydrogen-bond acceptors (Lipinski definition) is 5. The summed E-state index contributed by atoms with van der Waals surface area (Å²) in [5.74, 6) is -0.0847. The van der Waals surface area contributed by atoms with E-state index < -0.39 is 0 Å². The van der Waals surface area contributed by atoms with Crippen LogP contribution >= 0.6 is 0 Å². The normalized spacial score (nSPS) is 24.1. The predicted molar refractivity (Wildman–Crippen MR) is 73.2 cm³/mol. The average molecular weight is 284 g/mol. The smallest absolute Gasteiger partial charge is 0.247 e. The Kier molecular flexibility index (Phi) is 5.94. The Bertz CT molecular complexity index is 342. The van der Waals surface area contributed by atoms with Gasteiger partial charge in [0.05, 0.1) is 32.3 Å². The van der Waals surface area contributed by atoms with Gasteiger partial charge in [-0.25, -0.2) is 0 Å². The Morgan fingerprint density at radius 3 is 2.65 bits per heavy atom. The molecule has 1 atom stereocenters. The third kappa shape index (κ3) is 3.77. The van der Waals surface area contributed by atoms with E-state index in [2.05, 4.69) is 5.32 Å². The summed E-state index contributed by atoms with van der Waals surface area (Å²) >= 11 is 0. The first-order chi connectivity index (χ1) is 9.74. The van der Waals surface area contributed by atoms with Gasteiger partial charge in [-0.2, -0.15) is 0 Å². The highest BCUT2D eigenvalue weighted by atomic mass is 16.5. The van der Waals surface area contributed by atoms with Crippen LogP contribution in [0, 0.1) is 0 Å². The van der Waals surface area contributed by atoms with Crippen LogP contribution in [0.25, 0.3) is 0 Å². The van der Waals surface area contributed by atoms with Crippen molar-refractivity contribution in [3.8, 4) is 0 Å². The number of carbonyl (C=O) groups is 2. The van der Waals surface area contributed by atoms with E-state index in [1.807, 2.05) is 0 Å². The second-order valence-corrected chi connectivity index (χ2v) is 5.36. The lowest BCUT2D eigenvalue weighted by Gasteiger charge is -2.22. The van der Waals surface area contributed by atoms with E-state index in [-0.39, 0.29) is 30.3 Å². The van der Waals surface area contributed by atoms with Gasteiger partial charge in [-0.1, -0.05) is 12.8 Å². The highest BCUT2D eigenvalue weighted by molar-refractivity contribution is 6.05. The summed E-state index contributed by atoms with van der Waals surface area (Å²) in [6.45, 7) is 2.21. The average Bonchev–Trinajstić information content (AvgIpc) is 3.03. The van der Waals surface area contributed by atoms with E-state index in [9.17, 15) is 9.59 Å². The zero-order valence-corrected chi connectivity index (χ0v) is 12.1. The first kappa shape index (κ1) is 15.4. The molecule has 6 heteroatoms. The lowest BCUT2D eigenvalue weighted by atomic mass is 10.2. The Hall–Kier alpha value is -0.980. The van der Waals surface area contributed by atoms with Crippen LogP contribution in [0.2, 0.25) is 0 Å². The molecule has 20 heavy (non-hydrogen) atoms. The maximum atomic E-state index is 12.3. The molecule has 0 aromatic rings. The summed E-state index contributed by atoms with van der Waals surface area (Å²) in [5.41, 5.74) is 0. The molecule has 1 aliphatic heterocycles. The molecule has 0 bridgehead atoms. The van der Waals surface area contributed by atoms with Gasteiger partial charge in [0, 0.05) is 19.7 Å². The number of nitrogens with zero attached hydrogens (tertiary/aromatic N) is 1. The van der Waals surface area contributed by atoms with Gasteiger partial charge in [0.25, 0.3) is 0 Å². The minimum atomic E-state index is -0.367. The summed E-state index contributed by atoms with van der Waals surface area (Å²) in [4.78, 5) is 25.7. The van der Waals surface area contributed by atoms with Gasteiger partial charge in [-0.15, -0.1) is 0 Å². The van der Waals surface area contributed by atoms with Crippen LogP contribution in [0.5, 0.6) is 0 Å². The molecule has 1 saturated heterocycles. The molecule has 2 rings (SSSR count). The van der Waals surface area contributed by atoms with Crippen molar-refractivity contribution in [3.63, 3.8) is 0 Å². The lowest BCUT2D eigenvalue weighted by molar-refractivity contribution is -0.141. The van der Waals surface area contributed by atoms with Gasteiger partial charge in [0.1, 0.15) is 0 Å². The van der Waals surface area contributed by atoms with Gasteiger partial charge in [-0.3, -0.25) is 14.5 Å². The van der Waals surface area contributed by atoms with Crippen molar-refractivity contribution in [2.75, 3.05) is 33.5 Å². The van der Waals surface area contributed by atoms with E-state index in [0.29, 0.717) is 26.4 Å². The second-order valence-electron chi connectivity index (χ2n) is 5.36. The molecular weight excluding hydrogens is 260 g/mol. The van der Waals surface area contributed by atoms with Crippen LogP contribution in [0.3, 0.4) is 0 Å². The predicted octanol–water partition coefficient (Wildman–Crippen LogP) is 0.309. The minimum Gasteiger partial charge on any atom is -0.382 e. The number of ether oxygens (including phenoxy) is 2. The fourth-order valence-electron chi connectivity index (χ4n) is 2.91. The first-order valence-electron chi connectivity index (χ1n) is 7.40. The Morgan fingerprint density at radius 2 is 1.95 bits per heavy atom. The van der Waals surface area contributed by atoms with Gasteiger partial charge < -0.3 is 14.8 Å². The molecule has 0 aromatic heterocycles. The van der Waals surface area contributed by atoms with Crippen LogP contribution in [0.15, 0.2) is 0 Å². The van der Waals surface area contributed by atoms with Crippen LogP contribution < -0.4 is 5.32 Å². The van der Waals surface area contributed by atoms with E-state index in [0.717, 1.165) is 25.7 Å². The molecule has 0 radical (unpaired) electrons. The maximum absolute atomic E-state index is 12.3. The number of hydrogen-bond donors (Lipinski definition) is 1. The summed E-state index contributed by atoms with van der Waals surface area (Å²) < 4.78 is 10.2. The van der Waals surface area contributed by atoms with Crippen molar-refractivity contribution >= 4 is 11.8 Å². The van der Waals surface area contributed by atoms with Crippen LogP contribution in [0.4, 0.5) is 0 Å². The maximum Gasteiger partial charge on any atom is 0.247 e. The van der Waals surface area contributed by atoms with Crippen molar-refractivity contribution < 1.29 is 19.1 Å². The summed E-state index contributed by atoms with van der Waals surface area (Å²) in [5, 5.41) is 3.11. The number of likely N-dealkylation sites (tertiary alicyclic amines) is 1. The molecule has 6 nitrogen and oxygen atoms in total. The molecule has 2 amide bonds. The zero-order valence-electron chi connectivity index (χ0n) is 12.1. The number of methoxy groups -OCH3 is 1. The number of nitrogens with one attached hydrogen (secondary N) is 1. The Morgan fingerprint density at radius 1 is 1.20 bits per heavy atom. The first-order valence-corrected chi connectivity index (χ1v) is 7.40. The molecule has 1 N–H and O–H groups in total. The van der Waals surface area contributed by atoms with Crippen molar-refractivity contribution in [3.05, 3.63) is 0 Å². The molecule has 114 valence electrons. The van der Waals surface area contributed by atoms with E-state index in [1.54, 1.807) is 7.11 Å². The van der Waals surface area contributed by atoms with Gasteiger partial charge in [-0.05, 0) is 12.8 Å². The lowest BCUT2D eigenvalue weighted by Crippen LogP contribution is -2.43. The number of amides is 2. The van der Waals surface area contributed by atoms with Crippen LogP contribution in [-0.4, -0.2) is 62.3 Å². The van der Waals surface area contributed by atoms with Crippen LogP contribution in [0.1, 0.15) is 32.1 Å². The summed E-state index contributed by atoms with van der Waals surface area (Å²) in [7, 11) is 1.63. The fraction of sp³-hybridized carbons (Fsp3) is 0.857. The van der Waals surface area contributed by atoms with Crippen molar-refractivity contribution in [2.45, 2.75) is 44.2 Å². The molecule has 2 fully saturated rings. The van der Waals surface area contributed by atoms with E-state index >= 15 is 0 Å². The van der Waals surface area contributed by atoms with E-state index in [4.69, 9.17) is 9.47 Å². The third-order valence-electron chi connectivity index (χ3n) is 3.94. The van der Waals surface area contributed by atoms with Gasteiger partial charge >= 0.3 is 0 Å². The van der Waals surface area contributed by atoms with E-state index in [1.165, 1.54) is 4.90 Å². The summed E-state index contributed by atoms with van der Waals surface area (Å²) in [6.07, 6.45) is 4.45. The van der Waals surface area contributed by atoms with Crippen molar-refractivity contribution in [2.24, 2.45) is 0 Å². The Labute approximate surface area is 119 Å². The highest BCUT2D eigenvalue weighted by Gasteiger charge is 2.42. The third-order valence-corrected chi connectivity index (χ3v) is 3.94. The molecule has 0 spiro atoms. The monoisotopic (exact) mass is 284 g/mol. The highest BCUT2D eigenvalue weighted by Crippen LogP contribution is 2.27. The largest absolute Gasteiger partial charge is 0.382 e. The zero-order chi connectivity index (χ0) is 14.4. The Balaban J connectivity index is 1.71. The van der Waals surface area contributed by atoms with Gasteiger partial charge in [0.15, 0.2) is 0 Å². The molecule has 2 aliphatic rings. The number of rotatable bonds is 8. The molecule has 1 heterocycles. The molecule has 1 saturated carbocycles. The molecule has 1 unspecified atom stereocenters. The molecular formula is C14H24N2O4. The van der Waals surface area contributed by atoms with Crippen molar-refractivity contribution in [1.29, 1.82) is 0 Å². The fourth-order valence-corrected chi connectivity index (χ4v) is 2.91. The summed E-state index contributed by atoms with van der Waals surface area (Å²) in [6, 6.07) is -0.228. The SMILES string of the molecule is COCCOCCNC1CC(=O)N(C2CCCC2)C1=O.